The number of alkyl halides is 6. The minimum atomic E-state index is -5.22. The van der Waals surface area contributed by atoms with Gasteiger partial charge >= 0.3 is 12.4 Å². The second-order valence-electron chi connectivity index (χ2n) is 3.14. The van der Waals surface area contributed by atoms with Crippen LogP contribution in [0.4, 0.5) is 26.3 Å². The van der Waals surface area contributed by atoms with E-state index in [4.69, 9.17) is 16.7 Å². The van der Waals surface area contributed by atoms with E-state index in [1.807, 2.05) is 0 Å². The van der Waals surface area contributed by atoms with Gasteiger partial charge in [0.25, 0.3) is 0 Å². The Labute approximate surface area is 96.6 Å². The summed E-state index contributed by atoms with van der Waals surface area (Å²) >= 11 is 5.28. The van der Waals surface area contributed by atoms with Crippen LogP contribution in [-0.2, 0) is 6.18 Å². The summed E-state index contributed by atoms with van der Waals surface area (Å²) in [5, 5.41) is 8.09. The molecule has 1 unspecified atom stereocenters. The molecule has 0 spiro atoms. The zero-order chi connectivity index (χ0) is 13.4. The second kappa shape index (κ2) is 4.38. The monoisotopic (exact) mass is 278 g/mol. The van der Waals surface area contributed by atoms with E-state index in [0.717, 1.165) is 12.1 Å². The highest BCUT2D eigenvalue weighted by atomic mass is 35.5. The van der Waals surface area contributed by atoms with Crippen LogP contribution >= 0.6 is 11.6 Å². The molecule has 0 heterocycles. The molecule has 1 rings (SSSR count). The number of hydrogen-bond acceptors (Lipinski definition) is 1. The largest absolute Gasteiger partial charge is 0.418 e. The number of hydrogen-bond donors (Lipinski definition) is 1. The SMILES string of the molecule is OC(c1c(Cl)cccc1C(F)(F)F)C(F)(F)F. The number of aliphatic hydroxyl groups is 1. The van der Waals surface area contributed by atoms with Crippen molar-refractivity contribution in [1.29, 1.82) is 0 Å². The van der Waals surface area contributed by atoms with Crippen LogP contribution in [0.25, 0.3) is 0 Å². The van der Waals surface area contributed by atoms with Gasteiger partial charge in [0, 0.05) is 10.6 Å². The van der Waals surface area contributed by atoms with Crippen molar-refractivity contribution in [1.82, 2.24) is 0 Å². The molecule has 0 aliphatic heterocycles. The molecule has 17 heavy (non-hydrogen) atoms. The molecular weight excluding hydrogens is 274 g/mol. The van der Waals surface area contributed by atoms with Crippen molar-refractivity contribution in [3.05, 3.63) is 34.3 Å². The predicted molar refractivity (Wildman–Crippen MR) is 47.5 cm³/mol. The molecule has 0 saturated carbocycles. The molecule has 96 valence electrons. The lowest BCUT2D eigenvalue weighted by Crippen LogP contribution is -2.24. The Kier molecular flexibility index (Phi) is 3.63. The van der Waals surface area contributed by atoms with Crippen molar-refractivity contribution in [3.63, 3.8) is 0 Å². The van der Waals surface area contributed by atoms with Gasteiger partial charge in [-0.15, -0.1) is 0 Å². The zero-order valence-electron chi connectivity index (χ0n) is 7.90. The van der Waals surface area contributed by atoms with E-state index in [0.29, 0.717) is 6.07 Å². The summed E-state index contributed by atoms with van der Waals surface area (Å²) < 4.78 is 73.9. The van der Waals surface area contributed by atoms with E-state index >= 15 is 0 Å². The third-order valence-electron chi connectivity index (χ3n) is 1.94. The zero-order valence-corrected chi connectivity index (χ0v) is 8.66. The second-order valence-corrected chi connectivity index (χ2v) is 3.55. The van der Waals surface area contributed by atoms with Crippen molar-refractivity contribution in [2.45, 2.75) is 18.5 Å². The number of rotatable bonds is 1. The highest BCUT2D eigenvalue weighted by Crippen LogP contribution is 2.43. The normalized spacial score (nSPS) is 14.8. The van der Waals surface area contributed by atoms with Gasteiger partial charge in [-0.1, -0.05) is 17.7 Å². The molecule has 8 heteroatoms. The van der Waals surface area contributed by atoms with Gasteiger partial charge in [0.2, 0.25) is 0 Å². The summed E-state index contributed by atoms with van der Waals surface area (Å²) in [5.41, 5.74) is -2.98. The quantitative estimate of drug-likeness (QED) is 0.771. The molecule has 1 nitrogen and oxygen atoms in total. The summed E-state index contributed by atoms with van der Waals surface area (Å²) in [6.45, 7) is 0. The van der Waals surface area contributed by atoms with Gasteiger partial charge < -0.3 is 5.11 Å². The first-order valence-electron chi connectivity index (χ1n) is 4.15. The van der Waals surface area contributed by atoms with Gasteiger partial charge in [0.05, 0.1) is 5.56 Å². The van der Waals surface area contributed by atoms with Gasteiger partial charge in [0.1, 0.15) is 0 Å². The van der Waals surface area contributed by atoms with Gasteiger partial charge in [-0.2, -0.15) is 26.3 Å². The lowest BCUT2D eigenvalue weighted by atomic mass is 10.0. The first-order valence-corrected chi connectivity index (χ1v) is 4.53. The topological polar surface area (TPSA) is 20.2 Å². The van der Waals surface area contributed by atoms with E-state index in [2.05, 4.69) is 0 Å². The van der Waals surface area contributed by atoms with Gasteiger partial charge in [-0.05, 0) is 12.1 Å². The molecular formula is C9H5ClF6O. The van der Waals surface area contributed by atoms with Crippen molar-refractivity contribution in [3.8, 4) is 0 Å². The minimum absolute atomic E-state index is 0.427. The van der Waals surface area contributed by atoms with Crippen LogP contribution in [0.15, 0.2) is 18.2 Å². The van der Waals surface area contributed by atoms with E-state index < -0.39 is 34.6 Å². The van der Waals surface area contributed by atoms with E-state index in [1.165, 1.54) is 0 Å². The molecule has 0 aromatic heterocycles. The fourth-order valence-corrected chi connectivity index (χ4v) is 1.50. The van der Waals surface area contributed by atoms with E-state index in [-0.39, 0.29) is 0 Å². The molecule has 0 bridgehead atoms. The van der Waals surface area contributed by atoms with Crippen LogP contribution < -0.4 is 0 Å². The molecule has 0 aliphatic carbocycles. The minimum Gasteiger partial charge on any atom is -0.379 e. The number of aliphatic hydroxyl groups excluding tert-OH is 1. The van der Waals surface area contributed by atoms with E-state index in [9.17, 15) is 26.3 Å². The van der Waals surface area contributed by atoms with Crippen LogP contribution in [0.1, 0.15) is 17.2 Å². The average Bonchev–Trinajstić information content (AvgIpc) is 2.13. The third-order valence-corrected chi connectivity index (χ3v) is 2.27. The molecule has 0 fully saturated rings. The van der Waals surface area contributed by atoms with Crippen LogP contribution in [0.2, 0.25) is 5.02 Å². The summed E-state index contributed by atoms with van der Waals surface area (Å²) in [6, 6.07) is 2.13. The molecule has 1 aromatic carbocycles. The van der Waals surface area contributed by atoms with E-state index in [1.54, 1.807) is 0 Å². The fourth-order valence-electron chi connectivity index (χ4n) is 1.23. The first-order chi connectivity index (χ1) is 7.55. The van der Waals surface area contributed by atoms with Gasteiger partial charge in [-0.3, -0.25) is 0 Å². The Bertz CT molecular complexity index is 411. The average molecular weight is 279 g/mol. The summed E-state index contributed by atoms with van der Waals surface area (Å²) in [7, 11) is 0. The van der Waals surface area contributed by atoms with Gasteiger partial charge in [0.15, 0.2) is 6.10 Å². The van der Waals surface area contributed by atoms with Crippen LogP contribution in [-0.4, -0.2) is 11.3 Å². The number of benzene rings is 1. The molecule has 1 atom stereocenters. The lowest BCUT2D eigenvalue weighted by Gasteiger charge is -2.20. The standard InChI is InChI=1S/C9H5ClF6O/c10-5-3-1-2-4(8(11,12)13)6(5)7(17)9(14,15)16/h1-3,7,17H. The first kappa shape index (κ1) is 14.1. The van der Waals surface area contributed by atoms with Crippen molar-refractivity contribution >= 4 is 11.6 Å². The molecule has 0 saturated heterocycles. The molecule has 0 radical (unpaired) electrons. The molecule has 0 aliphatic rings. The third kappa shape index (κ3) is 3.04. The van der Waals surface area contributed by atoms with Crippen molar-refractivity contribution < 1.29 is 31.4 Å². The van der Waals surface area contributed by atoms with Crippen LogP contribution in [0.5, 0.6) is 0 Å². The maximum Gasteiger partial charge on any atom is 0.418 e. The van der Waals surface area contributed by atoms with Crippen molar-refractivity contribution in [2.24, 2.45) is 0 Å². The highest BCUT2D eigenvalue weighted by molar-refractivity contribution is 6.31. The molecule has 1 aromatic rings. The summed E-state index contributed by atoms with van der Waals surface area (Å²) in [5.74, 6) is 0. The maximum absolute atomic E-state index is 12.4. The van der Waals surface area contributed by atoms with Crippen LogP contribution in [0.3, 0.4) is 0 Å². The smallest absolute Gasteiger partial charge is 0.379 e. The molecule has 1 N–H and O–H groups in total. The Morgan fingerprint density at radius 3 is 2.00 bits per heavy atom. The fraction of sp³-hybridized carbons (Fsp3) is 0.333. The highest BCUT2D eigenvalue weighted by Gasteiger charge is 2.45. The Hall–Kier alpha value is -0.950. The molecule has 0 amide bonds. The maximum atomic E-state index is 12.4. The Balaban J connectivity index is 3.41. The summed E-state index contributed by atoms with van der Waals surface area (Å²) in [4.78, 5) is 0. The predicted octanol–water partition coefficient (Wildman–Crippen LogP) is 3.95. The lowest BCUT2D eigenvalue weighted by molar-refractivity contribution is -0.209. The summed E-state index contributed by atoms with van der Waals surface area (Å²) in [6.07, 6.45) is -13.5. The Morgan fingerprint density at radius 1 is 1.06 bits per heavy atom. The Morgan fingerprint density at radius 2 is 1.59 bits per heavy atom. The number of halogens is 7. The van der Waals surface area contributed by atoms with Gasteiger partial charge in [-0.25, -0.2) is 0 Å². The van der Waals surface area contributed by atoms with Crippen LogP contribution in [0, 0.1) is 0 Å². The van der Waals surface area contributed by atoms with Crippen molar-refractivity contribution in [2.75, 3.05) is 0 Å².